The standard InChI is InChI=1S/C20H26N4O.HI/c1-15-4-6-18(7-5-15)14-23-20(21-3)22-13-12-17-8-10-19(11-9-17)24-16(2)25;/h4-11H,12-14H2,1-3H3,(H,24,25)(H2,21,22,23);1H. The van der Waals surface area contributed by atoms with Gasteiger partial charge in [-0.25, -0.2) is 0 Å². The smallest absolute Gasteiger partial charge is 0.221 e. The predicted octanol–water partition coefficient (Wildman–Crippen LogP) is 3.48. The molecule has 26 heavy (non-hydrogen) atoms. The molecule has 0 saturated heterocycles. The van der Waals surface area contributed by atoms with Crippen LogP contribution in [-0.4, -0.2) is 25.5 Å². The summed E-state index contributed by atoms with van der Waals surface area (Å²) in [6, 6.07) is 16.3. The van der Waals surface area contributed by atoms with Gasteiger partial charge >= 0.3 is 0 Å². The van der Waals surface area contributed by atoms with Gasteiger partial charge in [0.05, 0.1) is 0 Å². The van der Waals surface area contributed by atoms with Crippen LogP contribution in [0, 0.1) is 6.92 Å². The molecule has 0 aliphatic heterocycles. The summed E-state index contributed by atoms with van der Waals surface area (Å²) in [6.45, 7) is 5.12. The molecule has 0 aliphatic carbocycles. The van der Waals surface area contributed by atoms with Gasteiger partial charge in [0.1, 0.15) is 0 Å². The van der Waals surface area contributed by atoms with Gasteiger partial charge < -0.3 is 16.0 Å². The maximum Gasteiger partial charge on any atom is 0.221 e. The minimum absolute atomic E-state index is 0. The monoisotopic (exact) mass is 466 g/mol. The third-order valence-electron chi connectivity index (χ3n) is 3.78. The second kappa shape index (κ2) is 11.5. The van der Waals surface area contributed by atoms with Crippen LogP contribution in [0.25, 0.3) is 0 Å². The van der Waals surface area contributed by atoms with Crippen molar-refractivity contribution >= 4 is 41.5 Å². The van der Waals surface area contributed by atoms with Crippen LogP contribution < -0.4 is 16.0 Å². The highest BCUT2D eigenvalue weighted by Gasteiger charge is 2.00. The number of rotatable bonds is 6. The Morgan fingerprint density at radius 3 is 2.15 bits per heavy atom. The molecule has 0 atom stereocenters. The Balaban J connectivity index is 0.00000338. The normalized spacial score (nSPS) is 10.7. The molecule has 0 aromatic heterocycles. The molecule has 1 amide bonds. The number of amides is 1. The minimum atomic E-state index is -0.0575. The highest BCUT2D eigenvalue weighted by Crippen LogP contribution is 2.09. The van der Waals surface area contributed by atoms with Gasteiger partial charge in [-0.05, 0) is 36.6 Å². The van der Waals surface area contributed by atoms with Gasteiger partial charge in [0.25, 0.3) is 0 Å². The number of carbonyl (C=O) groups is 1. The maximum atomic E-state index is 11.0. The average molecular weight is 466 g/mol. The first-order valence-electron chi connectivity index (χ1n) is 8.43. The van der Waals surface area contributed by atoms with Crippen molar-refractivity contribution < 1.29 is 4.79 Å². The Morgan fingerprint density at radius 2 is 1.58 bits per heavy atom. The topological polar surface area (TPSA) is 65.5 Å². The first kappa shape index (κ1) is 22.0. The molecule has 0 bridgehead atoms. The Hall–Kier alpha value is -2.09. The number of benzene rings is 2. The fraction of sp³-hybridized carbons (Fsp3) is 0.300. The first-order valence-corrected chi connectivity index (χ1v) is 8.43. The van der Waals surface area contributed by atoms with Gasteiger partial charge in [0, 0.05) is 32.7 Å². The van der Waals surface area contributed by atoms with Gasteiger partial charge in [-0.3, -0.25) is 9.79 Å². The number of guanidine groups is 1. The average Bonchev–Trinajstić information content (AvgIpc) is 2.60. The highest BCUT2D eigenvalue weighted by molar-refractivity contribution is 14.0. The lowest BCUT2D eigenvalue weighted by Crippen LogP contribution is -2.37. The Kier molecular flexibility index (Phi) is 9.72. The number of anilines is 1. The van der Waals surface area contributed by atoms with Crippen molar-refractivity contribution in [2.45, 2.75) is 26.8 Å². The van der Waals surface area contributed by atoms with Crippen LogP contribution in [0.5, 0.6) is 0 Å². The third kappa shape index (κ3) is 7.86. The largest absolute Gasteiger partial charge is 0.356 e. The van der Waals surface area contributed by atoms with Crippen molar-refractivity contribution in [3.05, 3.63) is 65.2 Å². The van der Waals surface area contributed by atoms with Crippen LogP contribution in [0.2, 0.25) is 0 Å². The van der Waals surface area contributed by atoms with E-state index in [1.807, 2.05) is 24.3 Å². The number of halogens is 1. The summed E-state index contributed by atoms with van der Waals surface area (Å²) < 4.78 is 0. The molecule has 2 aromatic carbocycles. The fourth-order valence-electron chi connectivity index (χ4n) is 2.40. The lowest BCUT2D eigenvalue weighted by Gasteiger charge is -2.12. The summed E-state index contributed by atoms with van der Waals surface area (Å²) in [5.41, 5.74) is 4.51. The van der Waals surface area contributed by atoms with Crippen molar-refractivity contribution in [1.29, 1.82) is 0 Å². The van der Waals surface area contributed by atoms with Crippen molar-refractivity contribution in [2.24, 2.45) is 4.99 Å². The predicted molar refractivity (Wildman–Crippen MR) is 119 cm³/mol. The summed E-state index contributed by atoms with van der Waals surface area (Å²) in [4.78, 5) is 15.3. The van der Waals surface area contributed by atoms with Crippen LogP contribution in [0.4, 0.5) is 5.69 Å². The molecule has 3 N–H and O–H groups in total. The number of aryl methyl sites for hydroxylation is 1. The van der Waals surface area contributed by atoms with Gasteiger partial charge in [0.15, 0.2) is 5.96 Å². The Labute approximate surface area is 172 Å². The van der Waals surface area contributed by atoms with Crippen LogP contribution in [0.3, 0.4) is 0 Å². The summed E-state index contributed by atoms with van der Waals surface area (Å²) in [7, 11) is 1.77. The van der Waals surface area contributed by atoms with E-state index in [0.717, 1.165) is 31.2 Å². The van der Waals surface area contributed by atoms with Crippen molar-refractivity contribution in [1.82, 2.24) is 10.6 Å². The minimum Gasteiger partial charge on any atom is -0.356 e. The Morgan fingerprint density at radius 1 is 0.962 bits per heavy atom. The molecular formula is C20H27IN4O. The number of hydrogen-bond acceptors (Lipinski definition) is 2. The maximum absolute atomic E-state index is 11.0. The van der Waals surface area contributed by atoms with Crippen molar-refractivity contribution in [3.63, 3.8) is 0 Å². The van der Waals surface area contributed by atoms with Crippen LogP contribution in [0.1, 0.15) is 23.6 Å². The molecule has 0 spiro atoms. The zero-order valence-electron chi connectivity index (χ0n) is 15.5. The van der Waals surface area contributed by atoms with Gasteiger partial charge in [-0.2, -0.15) is 0 Å². The van der Waals surface area contributed by atoms with E-state index in [9.17, 15) is 4.79 Å². The van der Waals surface area contributed by atoms with Crippen molar-refractivity contribution in [2.75, 3.05) is 18.9 Å². The molecule has 0 radical (unpaired) electrons. The molecule has 0 fully saturated rings. The first-order chi connectivity index (χ1) is 12.1. The summed E-state index contributed by atoms with van der Waals surface area (Å²) in [5.74, 6) is 0.730. The summed E-state index contributed by atoms with van der Waals surface area (Å²) in [5, 5.41) is 9.40. The molecule has 5 nitrogen and oxygen atoms in total. The number of nitrogens with one attached hydrogen (secondary N) is 3. The quantitative estimate of drug-likeness (QED) is 0.347. The Bertz CT molecular complexity index is 712. The summed E-state index contributed by atoms with van der Waals surface area (Å²) in [6.07, 6.45) is 0.881. The van der Waals surface area contributed by atoms with E-state index in [-0.39, 0.29) is 29.9 Å². The third-order valence-corrected chi connectivity index (χ3v) is 3.78. The van der Waals surface area contributed by atoms with Gasteiger partial charge in [-0.1, -0.05) is 42.0 Å². The molecule has 2 aromatic rings. The number of hydrogen-bond donors (Lipinski definition) is 3. The van der Waals surface area contributed by atoms with E-state index < -0.39 is 0 Å². The van der Waals surface area contributed by atoms with E-state index in [1.54, 1.807) is 7.05 Å². The van der Waals surface area contributed by atoms with E-state index >= 15 is 0 Å². The molecule has 2 rings (SSSR count). The van der Waals surface area contributed by atoms with Gasteiger partial charge in [-0.15, -0.1) is 24.0 Å². The number of carbonyl (C=O) groups excluding carboxylic acids is 1. The molecule has 6 heteroatoms. The zero-order valence-corrected chi connectivity index (χ0v) is 17.8. The van der Waals surface area contributed by atoms with Gasteiger partial charge in [0.2, 0.25) is 5.91 Å². The van der Waals surface area contributed by atoms with E-state index in [2.05, 4.69) is 52.1 Å². The lowest BCUT2D eigenvalue weighted by molar-refractivity contribution is -0.114. The second-order valence-corrected chi connectivity index (χ2v) is 5.97. The van der Waals surface area contributed by atoms with Crippen molar-refractivity contribution in [3.8, 4) is 0 Å². The van der Waals surface area contributed by atoms with Crippen LogP contribution in [0.15, 0.2) is 53.5 Å². The molecule has 0 aliphatic rings. The summed E-state index contributed by atoms with van der Waals surface area (Å²) >= 11 is 0. The number of aliphatic imine (C=N–C) groups is 1. The highest BCUT2D eigenvalue weighted by atomic mass is 127. The molecule has 0 heterocycles. The number of nitrogens with zero attached hydrogens (tertiary/aromatic N) is 1. The van der Waals surface area contributed by atoms with E-state index in [0.29, 0.717) is 0 Å². The zero-order chi connectivity index (χ0) is 18.1. The molecule has 0 saturated carbocycles. The molecule has 140 valence electrons. The lowest BCUT2D eigenvalue weighted by atomic mass is 10.1. The fourth-order valence-corrected chi connectivity index (χ4v) is 2.40. The van der Waals surface area contributed by atoms with E-state index in [1.165, 1.54) is 23.6 Å². The SMILES string of the molecule is CN=C(NCCc1ccc(NC(C)=O)cc1)NCc1ccc(C)cc1.I. The van der Waals surface area contributed by atoms with E-state index in [4.69, 9.17) is 0 Å². The van der Waals surface area contributed by atoms with Crippen LogP contribution >= 0.6 is 24.0 Å². The molecule has 0 unspecified atom stereocenters. The molecular weight excluding hydrogens is 439 g/mol. The van der Waals surface area contributed by atoms with Crippen LogP contribution in [-0.2, 0) is 17.8 Å². The second-order valence-electron chi connectivity index (χ2n) is 5.97.